The molecule has 0 atom stereocenters. The maximum atomic E-state index is 12.6. The average Bonchev–Trinajstić information content (AvgIpc) is 3.15. The van der Waals surface area contributed by atoms with E-state index in [1.54, 1.807) is 6.07 Å². The van der Waals surface area contributed by atoms with Crippen LogP contribution in [0, 0.1) is 3.57 Å². The van der Waals surface area contributed by atoms with Gasteiger partial charge in [-0.15, -0.1) is 0 Å². The molecule has 1 amide bonds. The molecule has 1 aromatic heterocycles. The zero-order valence-electron chi connectivity index (χ0n) is 12.8. The van der Waals surface area contributed by atoms with Crippen molar-refractivity contribution in [2.75, 3.05) is 6.79 Å². The van der Waals surface area contributed by atoms with Crippen LogP contribution < -0.4 is 14.3 Å². The number of carbonyl (C=O) groups is 1. The number of fused-ring (bicyclic) bond motifs is 2. The SMILES string of the molecule is CCn1c(=NC(=O)c2ccccc2I)sc2cc3c(cc21)OCO3. The first kappa shape index (κ1) is 15.6. The van der Waals surface area contributed by atoms with Crippen LogP contribution in [0.2, 0.25) is 0 Å². The molecule has 0 spiro atoms. The molecular formula is C17H13IN2O3S. The lowest BCUT2D eigenvalue weighted by molar-refractivity contribution is 0.0997. The summed E-state index contributed by atoms with van der Waals surface area (Å²) in [5.41, 5.74) is 1.62. The van der Waals surface area contributed by atoms with E-state index < -0.39 is 0 Å². The Morgan fingerprint density at radius 3 is 2.79 bits per heavy atom. The minimum absolute atomic E-state index is 0.228. The van der Waals surface area contributed by atoms with Crippen LogP contribution >= 0.6 is 33.9 Å². The quantitative estimate of drug-likeness (QED) is 0.556. The molecule has 4 rings (SSSR count). The van der Waals surface area contributed by atoms with Crippen LogP contribution in [0.25, 0.3) is 10.2 Å². The van der Waals surface area contributed by atoms with Gasteiger partial charge in [0.25, 0.3) is 5.91 Å². The van der Waals surface area contributed by atoms with Crippen molar-refractivity contribution in [2.24, 2.45) is 4.99 Å². The number of benzene rings is 2. The van der Waals surface area contributed by atoms with Crippen LogP contribution in [-0.4, -0.2) is 17.3 Å². The normalized spacial score (nSPS) is 13.7. The Balaban J connectivity index is 1.87. The summed E-state index contributed by atoms with van der Waals surface area (Å²) < 4.78 is 14.8. The third-order valence-corrected chi connectivity index (χ3v) is 5.78. The number of rotatable bonds is 2. The summed E-state index contributed by atoms with van der Waals surface area (Å²) in [5, 5.41) is 0. The molecule has 0 bridgehead atoms. The third kappa shape index (κ3) is 2.61. The monoisotopic (exact) mass is 452 g/mol. The number of aryl methyl sites for hydroxylation is 1. The molecule has 122 valence electrons. The molecule has 2 heterocycles. The standard InChI is InChI=1S/C17H13IN2O3S/c1-2-20-12-7-13-14(23-9-22-13)8-15(12)24-17(20)19-16(21)10-5-3-4-6-11(10)18/h3-8H,2,9H2,1H3. The molecule has 1 aliphatic rings. The van der Waals surface area contributed by atoms with Crippen LogP contribution in [-0.2, 0) is 6.54 Å². The second-order valence-corrected chi connectivity index (χ2v) is 7.37. The van der Waals surface area contributed by atoms with Gasteiger partial charge in [0.15, 0.2) is 16.3 Å². The van der Waals surface area contributed by atoms with Gasteiger partial charge in [0.05, 0.1) is 15.8 Å². The first-order valence-corrected chi connectivity index (χ1v) is 9.33. The fourth-order valence-electron chi connectivity index (χ4n) is 2.63. The highest BCUT2D eigenvalue weighted by atomic mass is 127. The number of hydrogen-bond donors (Lipinski definition) is 0. The molecule has 1 aliphatic heterocycles. The predicted molar refractivity (Wildman–Crippen MR) is 101 cm³/mol. The Hall–Kier alpha value is -1.87. The summed E-state index contributed by atoms with van der Waals surface area (Å²) in [7, 11) is 0. The van der Waals surface area contributed by atoms with Gasteiger partial charge < -0.3 is 14.0 Å². The van der Waals surface area contributed by atoms with E-state index in [4.69, 9.17) is 9.47 Å². The second kappa shape index (κ2) is 6.21. The molecule has 3 aromatic rings. The molecule has 2 aromatic carbocycles. The van der Waals surface area contributed by atoms with Gasteiger partial charge in [-0.2, -0.15) is 4.99 Å². The number of aromatic nitrogens is 1. The molecule has 7 heteroatoms. The van der Waals surface area contributed by atoms with Gasteiger partial charge in [0.1, 0.15) is 0 Å². The number of amides is 1. The Labute approximate surface area is 155 Å². The molecule has 0 radical (unpaired) electrons. The van der Waals surface area contributed by atoms with Crippen LogP contribution in [0.15, 0.2) is 41.4 Å². The lowest BCUT2D eigenvalue weighted by Gasteiger charge is -2.02. The third-order valence-electron chi connectivity index (χ3n) is 3.79. The van der Waals surface area contributed by atoms with Crippen molar-refractivity contribution in [3.05, 3.63) is 50.3 Å². The van der Waals surface area contributed by atoms with E-state index in [9.17, 15) is 4.79 Å². The summed E-state index contributed by atoms with van der Waals surface area (Å²) in [6.45, 7) is 3.01. The number of halogens is 1. The van der Waals surface area contributed by atoms with E-state index in [0.29, 0.717) is 10.4 Å². The van der Waals surface area contributed by atoms with Crippen molar-refractivity contribution >= 4 is 50.1 Å². The number of hydrogen-bond acceptors (Lipinski definition) is 4. The average molecular weight is 452 g/mol. The van der Waals surface area contributed by atoms with Crippen molar-refractivity contribution < 1.29 is 14.3 Å². The van der Waals surface area contributed by atoms with E-state index in [0.717, 1.165) is 31.8 Å². The fourth-order valence-corrected chi connectivity index (χ4v) is 4.35. The number of ether oxygens (including phenoxy) is 2. The lowest BCUT2D eigenvalue weighted by Crippen LogP contribution is -2.16. The zero-order chi connectivity index (χ0) is 16.7. The van der Waals surface area contributed by atoms with E-state index >= 15 is 0 Å². The minimum Gasteiger partial charge on any atom is -0.454 e. The van der Waals surface area contributed by atoms with Gasteiger partial charge in [-0.25, -0.2) is 0 Å². The highest BCUT2D eigenvalue weighted by Gasteiger charge is 2.17. The van der Waals surface area contributed by atoms with Gasteiger partial charge in [-0.3, -0.25) is 4.79 Å². The fraction of sp³-hybridized carbons (Fsp3) is 0.176. The molecular weight excluding hydrogens is 439 g/mol. The topological polar surface area (TPSA) is 52.8 Å². The minimum atomic E-state index is -0.228. The zero-order valence-corrected chi connectivity index (χ0v) is 15.8. The first-order valence-electron chi connectivity index (χ1n) is 7.44. The first-order chi connectivity index (χ1) is 11.7. The highest BCUT2D eigenvalue weighted by molar-refractivity contribution is 14.1. The van der Waals surface area contributed by atoms with Gasteiger partial charge in [-0.1, -0.05) is 23.5 Å². The van der Waals surface area contributed by atoms with Gasteiger partial charge in [0, 0.05) is 22.2 Å². The summed E-state index contributed by atoms with van der Waals surface area (Å²) in [4.78, 5) is 17.6. The summed E-state index contributed by atoms with van der Waals surface area (Å²) in [5.74, 6) is 1.24. The Kier molecular flexibility index (Phi) is 4.05. The Bertz CT molecular complexity index is 1020. The van der Waals surface area contributed by atoms with Crippen molar-refractivity contribution in [1.29, 1.82) is 0 Å². The highest BCUT2D eigenvalue weighted by Crippen LogP contribution is 2.36. The molecule has 24 heavy (non-hydrogen) atoms. The summed E-state index contributed by atoms with van der Waals surface area (Å²) in [6.07, 6.45) is 0. The second-order valence-electron chi connectivity index (χ2n) is 5.20. The van der Waals surface area contributed by atoms with Crippen LogP contribution in [0.5, 0.6) is 11.5 Å². The number of carbonyl (C=O) groups excluding carboxylic acids is 1. The van der Waals surface area contributed by atoms with Crippen molar-refractivity contribution in [2.45, 2.75) is 13.5 Å². The van der Waals surface area contributed by atoms with Crippen molar-refractivity contribution in [3.63, 3.8) is 0 Å². The molecule has 0 unspecified atom stereocenters. The number of thiazole rings is 1. The summed E-state index contributed by atoms with van der Waals surface area (Å²) in [6, 6.07) is 11.4. The van der Waals surface area contributed by atoms with Gasteiger partial charge >= 0.3 is 0 Å². The van der Waals surface area contributed by atoms with Crippen molar-refractivity contribution in [3.8, 4) is 11.5 Å². The Morgan fingerprint density at radius 2 is 2.04 bits per heavy atom. The molecule has 0 saturated carbocycles. The smallest absolute Gasteiger partial charge is 0.280 e. The van der Waals surface area contributed by atoms with Crippen LogP contribution in [0.3, 0.4) is 0 Å². The predicted octanol–water partition coefficient (Wildman–Crippen LogP) is 3.80. The molecule has 0 saturated heterocycles. The number of nitrogens with zero attached hydrogens (tertiary/aromatic N) is 2. The molecule has 0 aliphatic carbocycles. The van der Waals surface area contributed by atoms with E-state index in [1.165, 1.54) is 11.3 Å². The molecule has 0 N–H and O–H groups in total. The van der Waals surface area contributed by atoms with E-state index in [2.05, 4.69) is 27.6 Å². The molecule has 0 fully saturated rings. The maximum Gasteiger partial charge on any atom is 0.280 e. The summed E-state index contributed by atoms with van der Waals surface area (Å²) >= 11 is 3.64. The van der Waals surface area contributed by atoms with Crippen molar-refractivity contribution in [1.82, 2.24) is 4.57 Å². The van der Waals surface area contributed by atoms with E-state index in [-0.39, 0.29) is 12.7 Å². The van der Waals surface area contributed by atoms with E-state index in [1.807, 2.05) is 41.8 Å². The van der Waals surface area contributed by atoms with Crippen LogP contribution in [0.4, 0.5) is 0 Å². The maximum absolute atomic E-state index is 12.6. The van der Waals surface area contributed by atoms with Gasteiger partial charge in [0.2, 0.25) is 6.79 Å². The molecule has 5 nitrogen and oxygen atoms in total. The van der Waals surface area contributed by atoms with Crippen LogP contribution in [0.1, 0.15) is 17.3 Å². The lowest BCUT2D eigenvalue weighted by atomic mass is 10.2. The Morgan fingerprint density at radius 1 is 1.29 bits per heavy atom. The largest absolute Gasteiger partial charge is 0.454 e. The van der Waals surface area contributed by atoms with Gasteiger partial charge in [-0.05, 0) is 41.6 Å².